The number of rotatable bonds is 3. The van der Waals surface area contributed by atoms with Crippen LogP contribution >= 0.6 is 0 Å². The number of hydrogen-bond acceptors (Lipinski definition) is 3. The Balaban J connectivity index is 2.11. The zero-order chi connectivity index (χ0) is 14.1. The summed E-state index contributed by atoms with van der Waals surface area (Å²) in [7, 11) is 0. The predicted octanol–water partition coefficient (Wildman–Crippen LogP) is 4.10. The Labute approximate surface area is 118 Å². The lowest BCUT2D eigenvalue weighted by Gasteiger charge is -2.28. The molecular weight excluding hydrogens is 252 g/mol. The topological polar surface area (TPSA) is 38.7 Å². The molecular formula is C17H16O3. The number of phenolic OH excluding ortho intramolecular Hbond substituents is 1. The van der Waals surface area contributed by atoms with Crippen molar-refractivity contribution in [3.63, 3.8) is 0 Å². The summed E-state index contributed by atoms with van der Waals surface area (Å²) in [6.45, 7) is 6.19. The molecule has 0 fully saturated rings. The number of hydrogen-bond donors (Lipinski definition) is 1. The molecule has 0 radical (unpaired) electrons. The summed E-state index contributed by atoms with van der Waals surface area (Å²) in [6, 6.07) is 11.1. The SMILES string of the molecule is C=CCOC1c2ccc(O)cc2Oc2ccc(C)cc21. The lowest BCUT2D eigenvalue weighted by atomic mass is 9.95. The fourth-order valence-corrected chi connectivity index (χ4v) is 2.42. The van der Waals surface area contributed by atoms with E-state index in [1.807, 2.05) is 25.1 Å². The summed E-state index contributed by atoms with van der Waals surface area (Å²) >= 11 is 0. The van der Waals surface area contributed by atoms with Gasteiger partial charge < -0.3 is 14.6 Å². The Hall–Kier alpha value is -2.26. The van der Waals surface area contributed by atoms with E-state index in [0.29, 0.717) is 12.4 Å². The van der Waals surface area contributed by atoms with Crippen molar-refractivity contribution in [1.29, 1.82) is 0 Å². The van der Waals surface area contributed by atoms with Crippen LogP contribution in [0.15, 0.2) is 49.1 Å². The molecule has 1 atom stereocenters. The molecule has 3 heteroatoms. The molecule has 0 aliphatic carbocycles. The van der Waals surface area contributed by atoms with Crippen LogP contribution in [0, 0.1) is 6.92 Å². The normalized spacial score (nSPS) is 15.9. The van der Waals surface area contributed by atoms with Crippen LogP contribution in [-0.4, -0.2) is 11.7 Å². The van der Waals surface area contributed by atoms with E-state index >= 15 is 0 Å². The van der Waals surface area contributed by atoms with E-state index in [0.717, 1.165) is 22.4 Å². The third-order valence-corrected chi connectivity index (χ3v) is 3.33. The van der Waals surface area contributed by atoms with Crippen LogP contribution < -0.4 is 4.74 Å². The van der Waals surface area contributed by atoms with E-state index in [9.17, 15) is 5.11 Å². The van der Waals surface area contributed by atoms with E-state index in [1.165, 1.54) is 0 Å². The summed E-state index contributed by atoms with van der Waals surface area (Å²) in [5, 5.41) is 9.61. The maximum atomic E-state index is 9.61. The fraction of sp³-hybridized carbons (Fsp3) is 0.176. The number of aryl methyl sites for hydroxylation is 1. The highest BCUT2D eigenvalue weighted by atomic mass is 16.5. The second-order valence-corrected chi connectivity index (χ2v) is 4.87. The van der Waals surface area contributed by atoms with Gasteiger partial charge in [0.15, 0.2) is 0 Å². The summed E-state index contributed by atoms with van der Waals surface area (Å²) in [5.74, 6) is 1.58. The summed E-state index contributed by atoms with van der Waals surface area (Å²) in [6.07, 6.45) is 1.53. The van der Waals surface area contributed by atoms with E-state index in [1.54, 1.807) is 18.2 Å². The lowest BCUT2D eigenvalue weighted by molar-refractivity contribution is 0.0960. The molecule has 0 bridgehead atoms. The van der Waals surface area contributed by atoms with Crippen LogP contribution in [0.1, 0.15) is 22.8 Å². The monoisotopic (exact) mass is 268 g/mol. The largest absolute Gasteiger partial charge is 0.508 e. The Morgan fingerprint density at radius 2 is 2.05 bits per heavy atom. The molecule has 0 aromatic heterocycles. The van der Waals surface area contributed by atoms with Gasteiger partial charge in [-0.1, -0.05) is 17.7 Å². The fourth-order valence-electron chi connectivity index (χ4n) is 2.42. The first kappa shape index (κ1) is 12.8. The van der Waals surface area contributed by atoms with Gasteiger partial charge >= 0.3 is 0 Å². The summed E-state index contributed by atoms with van der Waals surface area (Å²) < 4.78 is 11.8. The molecule has 1 aliphatic rings. The molecule has 3 nitrogen and oxygen atoms in total. The summed E-state index contributed by atoms with van der Waals surface area (Å²) in [4.78, 5) is 0. The quantitative estimate of drug-likeness (QED) is 0.852. The molecule has 3 rings (SSSR count). The average Bonchev–Trinajstić information content (AvgIpc) is 2.43. The average molecular weight is 268 g/mol. The maximum absolute atomic E-state index is 9.61. The van der Waals surface area contributed by atoms with Gasteiger partial charge in [0.1, 0.15) is 23.4 Å². The second-order valence-electron chi connectivity index (χ2n) is 4.87. The van der Waals surface area contributed by atoms with Gasteiger partial charge in [-0.15, -0.1) is 6.58 Å². The highest BCUT2D eigenvalue weighted by Gasteiger charge is 2.28. The predicted molar refractivity (Wildman–Crippen MR) is 77.4 cm³/mol. The number of fused-ring (bicyclic) bond motifs is 2. The summed E-state index contributed by atoms with van der Waals surface area (Å²) in [5.41, 5.74) is 3.08. The third kappa shape index (κ3) is 2.17. The number of aromatic hydroxyl groups is 1. The molecule has 0 saturated carbocycles. The van der Waals surface area contributed by atoms with Crippen LogP contribution in [0.25, 0.3) is 0 Å². The standard InChI is InChI=1S/C17H16O3/c1-3-8-19-17-13-6-5-12(18)10-16(13)20-15-7-4-11(2)9-14(15)17/h3-7,9-10,17-18H,1,8H2,2H3. The van der Waals surface area contributed by atoms with Crippen molar-refractivity contribution in [2.75, 3.05) is 6.61 Å². The van der Waals surface area contributed by atoms with Gasteiger partial charge in [0.05, 0.1) is 6.61 Å². The minimum absolute atomic E-state index is 0.182. The first-order valence-corrected chi connectivity index (χ1v) is 6.53. The Bertz CT molecular complexity index is 661. The molecule has 0 spiro atoms. The molecule has 1 unspecified atom stereocenters. The van der Waals surface area contributed by atoms with Crippen molar-refractivity contribution < 1.29 is 14.6 Å². The van der Waals surface area contributed by atoms with Crippen LogP contribution in [0.5, 0.6) is 17.2 Å². The van der Waals surface area contributed by atoms with Crippen LogP contribution in [0.3, 0.4) is 0 Å². The highest BCUT2D eigenvalue weighted by Crippen LogP contribution is 2.45. The third-order valence-electron chi connectivity index (χ3n) is 3.33. The molecule has 102 valence electrons. The van der Waals surface area contributed by atoms with Gasteiger partial charge in [-0.3, -0.25) is 0 Å². The van der Waals surface area contributed by atoms with Gasteiger partial charge in [-0.05, 0) is 31.2 Å². The molecule has 1 heterocycles. The minimum atomic E-state index is -0.202. The number of ether oxygens (including phenoxy) is 2. The zero-order valence-corrected chi connectivity index (χ0v) is 11.3. The Kier molecular flexibility index (Phi) is 3.20. The van der Waals surface area contributed by atoms with Gasteiger partial charge in [-0.25, -0.2) is 0 Å². The van der Waals surface area contributed by atoms with Gasteiger partial charge in [0, 0.05) is 17.2 Å². The molecule has 1 N–H and O–H groups in total. The second kappa shape index (κ2) is 5.02. The van der Waals surface area contributed by atoms with Gasteiger partial charge in [-0.2, -0.15) is 0 Å². The van der Waals surface area contributed by atoms with Crippen molar-refractivity contribution in [2.45, 2.75) is 13.0 Å². The smallest absolute Gasteiger partial charge is 0.137 e. The van der Waals surface area contributed by atoms with Crippen LogP contribution in [0.2, 0.25) is 0 Å². The Morgan fingerprint density at radius 1 is 1.20 bits per heavy atom. The van der Waals surface area contributed by atoms with Crippen LogP contribution in [0.4, 0.5) is 0 Å². The Morgan fingerprint density at radius 3 is 2.85 bits per heavy atom. The van der Waals surface area contributed by atoms with Crippen molar-refractivity contribution in [1.82, 2.24) is 0 Å². The van der Waals surface area contributed by atoms with E-state index in [4.69, 9.17) is 9.47 Å². The number of benzene rings is 2. The first-order chi connectivity index (χ1) is 9.69. The maximum Gasteiger partial charge on any atom is 0.137 e. The van der Waals surface area contributed by atoms with Crippen molar-refractivity contribution >= 4 is 0 Å². The molecule has 0 saturated heterocycles. The van der Waals surface area contributed by atoms with E-state index in [-0.39, 0.29) is 11.9 Å². The minimum Gasteiger partial charge on any atom is -0.508 e. The van der Waals surface area contributed by atoms with E-state index < -0.39 is 0 Å². The zero-order valence-electron chi connectivity index (χ0n) is 11.3. The van der Waals surface area contributed by atoms with E-state index in [2.05, 4.69) is 12.6 Å². The van der Waals surface area contributed by atoms with Crippen molar-refractivity contribution in [3.05, 3.63) is 65.7 Å². The van der Waals surface area contributed by atoms with Gasteiger partial charge in [0.25, 0.3) is 0 Å². The van der Waals surface area contributed by atoms with Crippen LogP contribution in [-0.2, 0) is 4.74 Å². The highest BCUT2D eigenvalue weighted by molar-refractivity contribution is 5.54. The molecule has 2 aromatic carbocycles. The molecule has 1 aliphatic heterocycles. The first-order valence-electron chi connectivity index (χ1n) is 6.53. The lowest BCUT2D eigenvalue weighted by Crippen LogP contribution is -2.13. The van der Waals surface area contributed by atoms with Crippen molar-refractivity contribution in [2.24, 2.45) is 0 Å². The molecule has 2 aromatic rings. The molecule has 0 amide bonds. The number of phenols is 1. The molecule has 20 heavy (non-hydrogen) atoms. The van der Waals surface area contributed by atoms with Gasteiger partial charge in [0.2, 0.25) is 0 Å². The van der Waals surface area contributed by atoms with Crippen molar-refractivity contribution in [3.8, 4) is 17.2 Å².